The van der Waals surface area contributed by atoms with E-state index in [2.05, 4.69) is 4.98 Å². The average Bonchev–Trinajstić information content (AvgIpc) is 2.19. The minimum absolute atomic E-state index is 0.749. The van der Waals surface area contributed by atoms with Crippen molar-refractivity contribution in [3.05, 3.63) is 41.7 Å². The Bertz CT molecular complexity index is 463. The molecule has 2 aromatic rings. The number of rotatable bonds is 1. The molecule has 2 rings (SSSR count). The molecule has 0 amide bonds. The van der Waals surface area contributed by atoms with Crippen molar-refractivity contribution in [2.45, 2.75) is 6.92 Å². The van der Waals surface area contributed by atoms with E-state index in [1.54, 1.807) is 12.4 Å². The van der Waals surface area contributed by atoms with E-state index in [-0.39, 0.29) is 0 Å². The van der Waals surface area contributed by atoms with E-state index in [1.807, 2.05) is 25.1 Å². The van der Waals surface area contributed by atoms with Crippen LogP contribution in [0.2, 0.25) is 0 Å². The van der Waals surface area contributed by atoms with Crippen molar-refractivity contribution in [1.82, 2.24) is 4.98 Å². The first kappa shape index (κ1) is 7.92. The van der Waals surface area contributed by atoms with Crippen LogP contribution in [0.5, 0.6) is 0 Å². The van der Waals surface area contributed by atoms with E-state index in [4.69, 9.17) is 0 Å². The van der Waals surface area contributed by atoms with E-state index in [9.17, 15) is 4.79 Å². The fraction of sp³-hybridized carbons (Fsp3) is 0.0909. The fourth-order valence-electron chi connectivity index (χ4n) is 1.47. The van der Waals surface area contributed by atoms with E-state index >= 15 is 0 Å². The number of fused-ring (bicyclic) bond motifs is 1. The summed E-state index contributed by atoms with van der Waals surface area (Å²) in [5.41, 5.74) is 1.77. The van der Waals surface area contributed by atoms with E-state index in [1.165, 1.54) is 0 Å². The van der Waals surface area contributed by atoms with Gasteiger partial charge in [0.2, 0.25) is 0 Å². The number of carbonyl (C=O) groups excluding carboxylic acids is 1. The molecule has 64 valence electrons. The number of benzene rings is 1. The Hall–Kier alpha value is -1.70. The second-order valence-corrected chi connectivity index (χ2v) is 2.99. The van der Waals surface area contributed by atoms with Crippen molar-refractivity contribution in [1.29, 1.82) is 0 Å². The first-order chi connectivity index (χ1) is 6.33. The van der Waals surface area contributed by atoms with Crippen LogP contribution in [-0.2, 0) is 0 Å². The van der Waals surface area contributed by atoms with Gasteiger partial charge in [0.1, 0.15) is 6.29 Å². The highest BCUT2D eigenvalue weighted by Gasteiger charge is 2.01. The molecule has 1 aromatic carbocycles. The van der Waals surface area contributed by atoms with Crippen LogP contribution in [0.25, 0.3) is 10.8 Å². The Morgan fingerprint density at radius 1 is 1.31 bits per heavy atom. The highest BCUT2D eigenvalue weighted by Crippen LogP contribution is 2.19. The van der Waals surface area contributed by atoms with Gasteiger partial charge in [0.25, 0.3) is 0 Å². The second kappa shape index (κ2) is 2.98. The molecule has 0 spiro atoms. The molecule has 0 saturated carbocycles. The number of hydrogen-bond acceptors (Lipinski definition) is 2. The summed E-state index contributed by atoms with van der Waals surface area (Å²) in [5, 5.41) is 2.17. The average molecular weight is 171 g/mol. The topological polar surface area (TPSA) is 30.0 Å². The minimum Gasteiger partial charge on any atom is -0.298 e. The van der Waals surface area contributed by atoms with E-state index in [0.717, 1.165) is 28.2 Å². The Labute approximate surface area is 76.2 Å². The maximum Gasteiger partial charge on any atom is 0.150 e. The lowest BCUT2D eigenvalue weighted by Crippen LogP contribution is -1.87. The predicted molar refractivity (Wildman–Crippen MR) is 51.9 cm³/mol. The molecule has 2 nitrogen and oxygen atoms in total. The van der Waals surface area contributed by atoms with Crippen molar-refractivity contribution in [2.75, 3.05) is 0 Å². The summed E-state index contributed by atoms with van der Waals surface area (Å²) in [6, 6.07) is 5.67. The largest absolute Gasteiger partial charge is 0.298 e. The third kappa shape index (κ3) is 1.20. The van der Waals surface area contributed by atoms with Crippen molar-refractivity contribution in [3.8, 4) is 0 Å². The van der Waals surface area contributed by atoms with Crippen LogP contribution in [0.15, 0.2) is 30.6 Å². The zero-order chi connectivity index (χ0) is 9.26. The third-order valence-corrected chi connectivity index (χ3v) is 2.26. The summed E-state index contributed by atoms with van der Waals surface area (Å²) >= 11 is 0. The lowest BCUT2D eigenvalue weighted by Gasteiger charge is -2.02. The molecule has 0 atom stereocenters. The van der Waals surface area contributed by atoms with Crippen LogP contribution < -0.4 is 0 Å². The van der Waals surface area contributed by atoms with Gasteiger partial charge in [0, 0.05) is 23.3 Å². The number of nitrogens with zero attached hydrogens (tertiary/aromatic N) is 1. The van der Waals surface area contributed by atoms with Crippen LogP contribution in [0.4, 0.5) is 0 Å². The zero-order valence-corrected chi connectivity index (χ0v) is 7.32. The number of carbonyl (C=O) groups is 1. The van der Waals surface area contributed by atoms with Crippen LogP contribution in [0, 0.1) is 6.92 Å². The highest BCUT2D eigenvalue weighted by molar-refractivity contribution is 5.92. The maximum atomic E-state index is 10.7. The molecule has 1 heterocycles. The molecule has 0 unspecified atom stereocenters. The molecule has 0 bridgehead atoms. The summed E-state index contributed by atoms with van der Waals surface area (Å²) in [6.45, 7) is 1.95. The molecular formula is C11H9NO. The second-order valence-electron chi connectivity index (χ2n) is 2.99. The summed E-state index contributed by atoms with van der Waals surface area (Å²) in [5.74, 6) is 0. The van der Waals surface area contributed by atoms with Gasteiger partial charge in [0.15, 0.2) is 0 Å². The van der Waals surface area contributed by atoms with Gasteiger partial charge in [-0.3, -0.25) is 9.78 Å². The molecule has 2 heteroatoms. The Morgan fingerprint density at radius 3 is 2.92 bits per heavy atom. The SMILES string of the molecule is Cc1c(C=O)ccc2cnccc12. The summed E-state index contributed by atoms with van der Waals surface area (Å²) in [6.07, 6.45) is 4.43. The number of aryl methyl sites for hydroxylation is 1. The Morgan fingerprint density at radius 2 is 2.15 bits per heavy atom. The first-order valence-electron chi connectivity index (χ1n) is 4.11. The van der Waals surface area contributed by atoms with Gasteiger partial charge in [0.05, 0.1) is 0 Å². The van der Waals surface area contributed by atoms with Gasteiger partial charge in [-0.2, -0.15) is 0 Å². The quantitative estimate of drug-likeness (QED) is 0.616. The van der Waals surface area contributed by atoms with Gasteiger partial charge in [-0.05, 0) is 23.9 Å². The standard InChI is InChI=1S/C11H9NO/c1-8-10(7-13)3-2-9-6-12-5-4-11(8)9/h2-7H,1H3. The molecular weight excluding hydrogens is 162 g/mol. The fourth-order valence-corrected chi connectivity index (χ4v) is 1.47. The number of aldehydes is 1. The molecule has 1 aromatic heterocycles. The molecule has 0 N–H and O–H groups in total. The van der Waals surface area contributed by atoms with Crippen molar-refractivity contribution in [2.24, 2.45) is 0 Å². The molecule has 0 aliphatic heterocycles. The molecule has 13 heavy (non-hydrogen) atoms. The van der Waals surface area contributed by atoms with Gasteiger partial charge in [-0.15, -0.1) is 0 Å². The van der Waals surface area contributed by atoms with Crippen LogP contribution in [-0.4, -0.2) is 11.3 Å². The molecule has 0 fully saturated rings. The summed E-state index contributed by atoms with van der Waals surface area (Å²) in [4.78, 5) is 14.7. The number of aromatic nitrogens is 1. The smallest absolute Gasteiger partial charge is 0.150 e. The van der Waals surface area contributed by atoms with Crippen molar-refractivity contribution < 1.29 is 4.79 Å². The molecule has 0 aliphatic rings. The summed E-state index contributed by atoms with van der Waals surface area (Å²) in [7, 11) is 0. The van der Waals surface area contributed by atoms with Gasteiger partial charge in [-0.1, -0.05) is 12.1 Å². The molecule has 0 saturated heterocycles. The van der Waals surface area contributed by atoms with Gasteiger partial charge in [-0.25, -0.2) is 0 Å². The Balaban J connectivity index is 2.86. The van der Waals surface area contributed by atoms with Crippen LogP contribution in [0.1, 0.15) is 15.9 Å². The first-order valence-corrected chi connectivity index (χ1v) is 4.11. The number of hydrogen-bond donors (Lipinski definition) is 0. The van der Waals surface area contributed by atoms with E-state index in [0.29, 0.717) is 0 Å². The highest BCUT2D eigenvalue weighted by atomic mass is 16.1. The minimum atomic E-state index is 0.749. The van der Waals surface area contributed by atoms with Gasteiger partial charge >= 0.3 is 0 Å². The monoisotopic (exact) mass is 171 g/mol. The van der Waals surface area contributed by atoms with Crippen molar-refractivity contribution >= 4 is 17.1 Å². The maximum absolute atomic E-state index is 10.7. The Kier molecular flexibility index (Phi) is 1.81. The zero-order valence-electron chi connectivity index (χ0n) is 7.32. The van der Waals surface area contributed by atoms with Crippen LogP contribution >= 0.6 is 0 Å². The lowest BCUT2D eigenvalue weighted by molar-refractivity contribution is 0.112. The summed E-state index contributed by atoms with van der Waals surface area (Å²) < 4.78 is 0. The normalized spacial score (nSPS) is 10.2. The van der Waals surface area contributed by atoms with Crippen LogP contribution in [0.3, 0.4) is 0 Å². The molecule has 0 radical (unpaired) electrons. The molecule has 0 aliphatic carbocycles. The van der Waals surface area contributed by atoms with Crippen molar-refractivity contribution in [3.63, 3.8) is 0 Å². The van der Waals surface area contributed by atoms with Gasteiger partial charge < -0.3 is 0 Å². The third-order valence-electron chi connectivity index (χ3n) is 2.26. The number of pyridine rings is 1. The lowest BCUT2D eigenvalue weighted by atomic mass is 10.0. The predicted octanol–water partition coefficient (Wildman–Crippen LogP) is 2.36. The van der Waals surface area contributed by atoms with E-state index < -0.39 is 0 Å².